The van der Waals surface area contributed by atoms with E-state index >= 15 is 0 Å². The first-order valence-corrected chi connectivity index (χ1v) is 9.63. The van der Waals surface area contributed by atoms with Gasteiger partial charge in [0.25, 0.3) is 11.8 Å². The number of hydrogen-bond donors (Lipinski definition) is 1. The third-order valence-corrected chi connectivity index (χ3v) is 5.04. The van der Waals surface area contributed by atoms with Crippen molar-refractivity contribution in [3.63, 3.8) is 0 Å². The van der Waals surface area contributed by atoms with Gasteiger partial charge in [-0.2, -0.15) is 0 Å². The summed E-state index contributed by atoms with van der Waals surface area (Å²) >= 11 is 6.19. The Morgan fingerprint density at radius 2 is 1.81 bits per heavy atom. The van der Waals surface area contributed by atoms with Gasteiger partial charge in [0.2, 0.25) is 0 Å². The van der Waals surface area contributed by atoms with Crippen LogP contribution in [0.2, 0.25) is 0 Å². The van der Waals surface area contributed by atoms with E-state index < -0.39 is 17.8 Å². The molecule has 0 spiro atoms. The van der Waals surface area contributed by atoms with Crippen molar-refractivity contribution in [3.8, 4) is 0 Å². The molecule has 1 fully saturated rings. The first-order valence-electron chi connectivity index (χ1n) is 9.25. The number of nitrogens with zero attached hydrogens (tertiary/aromatic N) is 1. The summed E-state index contributed by atoms with van der Waals surface area (Å²) in [4.78, 5) is 39.0. The molecule has 0 bridgehead atoms. The smallest absolute Gasteiger partial charge is 0.340 e. The standard InChI is InChI=1S/C20H23ClN2O4/c1-12(2)27-20(26)14-10-6-7-11-15(14)23-18(24)16(21)17(19(23)25)22-13-8-4-3-5-9-13/h6-7,10-13,22H,3-5,8-9H2,1-2H3. The molecule has 2 amide bonds. The molecule has 2 aliphatic rings. The van der Waals surface area contributed by atoms with Crippen molar-refractivity contribution in [1.29, 1.82) is 0 Å². The van der Waals surface area contributed by atoms with Crippen LogP contribution in [0, 0.1) is 0 Å². The molecule has 6 nitrogen and oxygen atoms in total. The molecule has 0 aromatic heterocycles. The Balaban J connectivity index is 1.88. The highest BCUT2D eigenvalue weighted by atomic mass is 35.5. The average Bonchev–Trinajstić information content (AvgIpc) is 2.85. The van der Waals surface area contributed by atoms with Crippen LogP contribution >= 0.6 is 11.6 Å². The van der Waals surface area contributed by atoms with Gasteiger partial charge in [-0.05, 0) is 38.8 Å². The van der Waals surface area contributed by atoms with Gasteiger partial charge in [-0.3, -0.25) is 9.59 Å². The van der Waals surface area contributed by atoms with Crippen LogP contribution in [0.3, 0.4) is 0 Å². The summed E-state index contributed by atoms with van der Waals surface area (Å²) in [6, 6.07) is 6.51. The molecule has 1 aliphatic heterocycles. The lowest BCUT2D eigenvalue weighted by Gasteiger charge is -2.24. The zero-order valence-electron chi connectivity index (χ0n) is 15.5. The van der Waals surface area contributed by atoms with Gasteiger partial charge in [0.15, 0.2) is 0 Å². The number of esters is 1. The number of imide groups is 1. The number of carbonyl (C=O) groups is 3. The Labute approximate surface area is 163 Å². The maximum atomic E-state index is 12.9. The van der Waals surface area contributed by atoms with Crippen LogP contribution in [0.15, 0.2) is 35.0 Å². The SMILES string of the molecule is CC(C)OC(=O)c1ccccc1N1C(=O)C(Cl)=C(NC2CCCCC2)C1=O. The predicted octanol–water partition coefficient (Wildman–Crippen LogP) is 3.50. The summed E-state index contributed by atoms with van der Waals surface area (Å²) in [6.07, 6.45) is 4.89. The Morgan fingerprint density at radius 1 is 1.15 bits per heavy atom. The Morgan fingerprint density at radius 3 is 2.48 bits per heavy atom. The number of carbonyl (C=O) groups excluding carboxylic acids is 3. The van der Waals surface area contributed by atoms with Crippen LogP contribution < -0.4 is 10.2 Å². The molecule has 144 valence electrons. The highest BCUT2D eigenvalue weighted by Gasteiger charge is 2.41. The molecular formula is C20H23ClN2O4. The van der Waals surface area contributed by atoms with Gasteiger partial charge in [0.1, 0.15) is 10.7 Å². The third kappa shape index (κ3) is 4.00. The summed E-state index contributed by atoms with van der Waals surface area (Å²) in [7, 11) is 0. The topological polar surface area (TPSA) is 75.7 Å². The number of hydrogen-bond acceptors (Lipinski definition) is 5. The van der Waals surface area contributed by atoms with E-state index in [1.165, 1.54) is 12.5 Å². The fraction of sp³-hybridized carbons (Fsp3) is 0.450. The van der Waals surface area contributed by atoms with E-state index in [-0.39, 0.29) is 34.1 Å². The molecule has 1 N–H and O–H groups in total. The molecule has 27 heavy (non-hydrogen) atoms. The van der Waals surface area contributed by atoms with Crippen molar-refractivity contribution in [2.75, 3.05) is 4.90 Å². The van der Waals surface area contributed by atoms with Crippen LogP contribution in [0.25, 0.3) is 0 Å². The monoisotopic (exact) mass is 390 g/mol. The van der Waals surface area contributed by atoms with Crippen molar-refractivity contribution in [2.45, 2.75) is 58.1 Å². The van der Waals surface area contributed by atoms with Gasteiger partial charge in [-0.15, -0.1) is 0 Å². The molecule has 1 aromatic rings. The van der Waals surface area contributed by atoms with Gasteiger partial charge in [-0.1, -0.05) is 43.0 Å². The number of rotatable bonds is 5. The number of anilines is 1. The summed E-state index contributed by atoms with van der Waals surface area (Å²) in [6.45, 7) is 3.47. The molecular weight excluding hydrogens is 368 g/mol. The fourth-order valence-corrected chi connectivity index (χ4v) is 3.64. The van der Waals surface area contributed by atoms with Crippen molar-refractivity contribution < 1.29 is 19.1 Å². The van der Waals surface area contributed by atoms with Crippen LogP contribution in [0.1, 0.15) is 56.3 Å². The number of ether oxygens (including phenoxy) is 1. The number of benzene rings is 1. The van der Waals surface area contributed by atoms with E-state index in [9.17, 15) is 14.4 Å². The van der Waals surface area contributed by atoms with Crippen molar-refractivity contribution in [1.82, 2.24) is 5.32 Å². The highest BCUT2D eigenvalue weighted by molar-refractivity contribution is 6.52. The largest absolute Gasteiger partial charge is 0.459 e. The lowest BCUT2D eigenvalue weighted by atomic mass is 9.95. The normalized spacial score (nSPS) is 18.4. The summed E-state index contributed by atoms with van der Waals surface area (Å²) < 4.78 is 5.23. The van der Waals surface area contributed by atoms with Crippen LogP contribution in [-0.4, -0.2) is 29.9 Å². The number of para-hydroxylation sites is 1. The quantitative estimate of drug-likeness (QED) is 0.615. The van der Waals surface area contributed by atoms with Crippen molar-refractivity contribution in [2.24, 2.45) is 0 Å². The number of halogens is 1. The van der Waals surface area contributed by atoms with E-state index in [1.807, 2.05) is 0 Å². The summed E-state index contributed by atoms with van der Waals surface area (Å²) in [5.41, 5.74) is 0.439. The van der Waals surface area contributed by atoms with Crippen molar-refractivity contribution >= 4 is 35.1 Å². The van der Waals surface area contributed by atoms with Crippen LogP contribution in [0.4, 0.5) is 5.69 Å². The highest BCUT2D eigenvalue weighted by Crippen LogP contribution is 2.32. The van der Waals surface area contributed by atoms with E-state index in [2.05, 4.69) is 5.32 Å². The maximum absolute atomic E-state index is 12.9. The number of amides is 2. The fourth-order valence-electron chi connectivity index (χ4n) is 3.42. The van der Waals surface area contributed by atoms with Gasteiger partial charge < -0.3 is 10.1 Å². The first kappa shape index (κ1) is 19.4. The molecule has 0 radical (unpaired) electrons. The van der Waals surface area contributed by atoms with Gasteiger partial charge in [-0.25, -0.2) is 9.69 Å². The Kier molecular flexibility index (Phi) is 5.85. The second-order valence-corrected chi connectivity index (χ2v) is 7.46. The first-order chi connectivity index (χ1) is 12.9. The summed E-state index contributed by atoms with van der Waals surface area (Å²) in [5.74, 6) is -1.77. The Hall–Kier alpha value is -2.34. The Bertz CT molecular complexity index is 797. The lowest BCUT2D eigenvalue weighted by Crippen LogP contribution is -2.38. The molecule has 1 heterocycles. The minimum atomic E-state index is -0.634. The third-order valence-electron chi connectivity index (χ3n) is 4.69. The van der Waals surface area contributed by atoms with Crippen LogP contribution in [-0.2, 0) is 14.3 Å². The van der Waals surface area contributed by atoms with Crippen molar-refractivity contribution in [3.05, 3.63) is 40.6 Å². The molecule has 0 atom stereocenters. The molecule has 0 saturated heterocycles. The van der Waals surface area contributed by atoms with Gasteiger partial charge in [0.05, 0.1) is 17.4 Å². The molecule has 0 unspecified atom stereocenters. The molecule has 1 saturated carbocycles. The zero-order chi connectivity index (χ0) is 19.6. The minimum Gasteiger partial charge on any atom is -0.459 e. The second-order valence-electron chi connectivity index (χ2n) is 7.09. The van der Waals surface area contributed by atoms with Gasteiger partial charge in [0, 0.05) is 6.04 Å². The maximum Gasteiger partial charge on any atom is 0.340 e. The molecule has 3 rings (SSSR count). The van der Waals surface area contributed by atoms with E-state index in [1.54, 1.807) is 32.0 Å². The van der Waals surface area contributed by atoms with E-state index in [0.717, 1.165) is 30.6 Å². The second kappa shape index (κ2) is 8.13. The van der Waals surface area contributed by atoms with E-state index in [4.69, 9.17) is 16.3 Å². The van der Waals surface area contributed by atoms with Crippen LogP contribution in [0.5, 0.6) is 0 Å². The number of nitrogens with one attached hydrogen (secondary N) is 1. The lowest BCUT2D eigenvalue weighted by molar-refractivity contribution is -0.120. The zero-order valence-corrected chi connectivity index (χ0v) is 16.2. The predicted molar refractivity (Wildman–Crippen MR) is 102 cm³/mol. The van der Waals surface area contributed by atoms with E-state index in [0.29, 0.717) is 0 Å². The van der Waals surface area contributed by atoms with Gasteiger partial charge >= 0.3 is 5.97 Å². The summed E-state index contributed by atoms with van der Waals surface area (Å²) in [5, 5.41) is 3.01. The molecule has 7 heteroatoms. The molecule has 1 aliphatic carbocycles. The molecule has 1 aromatic carbocycles. The minimum absolute atomic E-state index is 0.112. The average molecular weight is 391 g/mol.